The third kappa shape index (κ3) is 5.71. The maximum atomic E-state index is 6.40. The van der Waals surface area contributed by atoms with Gasteiger partial charge in [-0.05, 0) is 31.7 Å². The van der Waals surface area contributed by atoms with Gasteiger partial charge in [0.05, 0.1) is 5.60 Å². The van der Waals surface area contributed by atoms with Crippen LogP contribution in [0.25, 0.3) is 0 Å². The standard InChI is InChI=1S/C16H33NO/c1-4-10-15(3)13-18-16(14-17-5-2)11-8-6-7-9-12-16/h15,17H,4-14H2,1-3H3. The Morgan fingerprint density at radius 1 is 1.11 bits per heavy atom. The van der Waals surface area contributed by atoms with Crippen molar-refractivity contribution < 1.29 is 4.74 Å². The topological polar surface area (TPSA) is 21.3 Å². The van der Waals surface area contributed by atoms with Gasteiger partial charge in [0.15, 0.2) is 0 Å². The number of likely N-dealkylation sites (N-methyl/N-ethyl adjacent to an activating group) is 1. The SMILES string of the molecule is CCCC(C)COC1(CNCC)CCCCCC1. The van der Waals surface area contributed by atoms with Crippen LogP contribution in [0.2, 0.25) is 0 Å². The summed E-state index contributed by atoms with van der Waals surface area (Å²) in [7, 11) is 0. The zero-order valence-corrected chi connectivity index (χ0v) is 12.8. The van der Waals surface area contributed by atoms with E-state index in [0.29, 0.717) is 5.92 Å². The van der Waals surface area contributed by atoms with Gasteiger partial charge in [0, 0.05) is 13.2 Å². The van der Waals surface area contributed by atoms with E-state index in [0.717, 1.165) is 19.7 Å². The third-order valence-electron chi connectivity index (χ3n) is 4.17. The van der Waals surface area contributed by atoms with Crippen LogP contribution in [0.5, 0.6) is 0 Å². The van der Waals surface area contributed by atoms with Gasteiger partial charge in [-0.2, -0.15) is 0 Å². The molecule has 1 atom stereocenters. The van der Waals surface area contributed by atoms with Crippen LogP contribution in [-0.4, -0.2) is 25.3 Å². The summed E-state index contributed by atoms with van der Waals surface area (Å²) in [5.41, 5.74) is 0.133. The van der Waals surface area contributed by atoms with Gasteiger partial charge in [-0.25, -0.2) is 0 Å². The third-order valence-corrected chi connectivity index (χ3v) is 4.17. The molecule has 0 aromatic heterocycles. The molecule has 0 amide bonds. The lowest BCUT2D eigenvalue weighted by Gasteiger charge is -2.34. The van der Waals surface area contributed by atoms with Gasteiger partial charge >= 0.3 is 0 Å². The normalized spacial score (nSPS) is 21.5. The predicted molar refractivity (Wildman–Crippen MR) is 79.0 cm³/mol. The average molecular weight is 255 g/mol. The van der Waals surface area contributed by atoms with E-state index in [9.17, 15) is 0 Å². The molecule has 1 unspecified atom stereocenters. The van der Waals surface area contributed by atoms with Crippen LogP contribution < -0.4 is 5.32 Å². The second-order valence-corrected chi connectivity index (χ2v) is 6.08. The Morgan fingerprint density at radius 3 is 2.33 bits per heavy atom. The lowest BCUT2D eigenvalue weighted by atomic mass is 9.93. The van der Waals surface area contributed by atoms with E-state index < -0.39 is 0 Å². The van der Waals surface area contributed by atoms with Gasteiger partial charge in [-0.1, -0.05) is 52.9 Å². The molecule has 0 aliphatic heterocycles. The number of hydrogen-bond donors (Lipinski definition) is 1. The van der Waals surface area contributed by atoms with Crippen molar-refractivity contribution in [3.63, 3.8) is 0 Å². The van der Waals surface area contributed by atoms with Crippen molar-refractivity contribution in [2.75, 3.05) is 19.7 Å². The van der Waals surface area contributed by atoms with Gasteiger partial charge in [0.25, 0.3) is 0 Å². The van der Waals surface area contributed by atoms with E-state index in [1.165, 1.54) is 51.4 Å². The van der Waals surface area contributed by atoms with Crippen molar-refractivity contribution in [2.24, 2.45) is 5.92 Å². The molecule has 1 saturated carbocycles. The van der Waals surface area contributed by atoms with Gasteiger partial charge < -0.3 is 10.1 Å². The van der Waals surface area contributed by atoms with E-state index in [2.05, 4.69) is 26.1 Å². The van der Waals surface area contributed by atoms with Crippen molar-refractivity contribution in [1.29, 1.82) is 0 Å². The molecule has 1 fully saturated rings. The summed E-state index contributed by atoms with van der Waals surface area (Å²) in [5, 5.41) is 3.52. The summed E-state index contributed by atoms with van der Waals surface area (Å²) in [6.07, 6.45) is 10.5. The summed E-state index contributed by atoms with van der Waals surface area (Å²) in [6.45, 7) is 9.80. The van der Waals surface area contributed by atoms with E-state index in [-0.39, 0.29) is 5.60 Å². The summed E-state index contributed by atoms with van der Waals surface area (Å²) in [6, 6.07) is 0. The van der Waals surface area contributed by atoms with Gasteiger partial charge in [0.1, 0.15) is 0 Å². The fourth-order valence-electron chi connectivity index (χ4n) is 2.99. The Bertz CT molecular complexity index is 197. The van der Waals surface area contributed by atoms with Crippen molar-refractivity contribution in [1.82, 2.24) is 5.32 Å². The Hall–Kier alpha value is -0.0800. The minimum atomic E-state index is 0.133. The Kier molecular flexibility index (Phi) is 7.92. The van der Waals surface area contributed by atoms with E-state index in [1.807, 2.05) is 0 Å². The summed E-state index contributed by atoms with van der Waals surface area (Å²) in [5.74, 6) is 0.705. The van der Waals surface area contributed by atoms with Crippen LogP contribution in [-0.2, 0) is 4.74 Å². The highest BCUT2D eigenvalue weighted by Crippen LogP contribution is 2.30. The minimum Gasteiger partial charge on any atom is -0.373 e. The molecular weight excluding hydrogens is 222 g/mol. The zero-order valence-electron chi connectivity index (χ0n) is 12.8. The van der Waals surface area contributed by atoms with Crippen molar-refractivity contribution in [2.45, 2.75) is 77.7 Å². The second-order valence-electron chi connectivity index (χ2n) is 6.08. The molecule has 1 aliphatic carbocycles. The molecular formula is C16H33NO. The molecule has 0 bridgehead atoms. The quantitative estimate of drug-likeness (QED) is 0.658. The number of rotatable bonds is 8. The molecule has 0 radical (unpaired) electrons. The molecule has 18 heavy (non-hydrogen) atoms. The van der Waals surface area contributed by atoms with Crippen LogP contribution in [0.3, 0.4) is 0 Å². The Morgan fingerprint density at radius 2 is 1.78 bits per heavy atom. The molecule has 0 spiro atoms. The van der Waals surface area contributed by atoms with Gasteiger partial charge in [-0.15, -0.1) is 0 Å². The van der Waals surface area contributed by atoms with Crippen molar-refractivity contribution in [3.05, 3.63) is 0 Å². The van der Waals surface area contributed by atoms with Crippen LogP contribution >= 0.6 is 0 Å². The molecule has 2 heteroatoms. The minimum absolute atomic E-state index is 0.133. The van der Waals surface area contributed by atoms with Crippen LogP contribution in [0.1, 0.15) is 72.1 Å². The maximum Gasteiger partial charge on any atom is 0.0806 e. The Balaban J connectivity index is 2.47. The smallest absolute Gasteiger partial charge is 0.0806 e. The maximum absolute atomic E-state index is 6.40. The summed E-state index contributed by atoms with van der Waals surface area (Å²) >= 11 is 0. The molecule has 1 aliphatic rings. The molecule has 1 N–H and O–H groups in total. The number of ether oxygens (including phenoxy) is 1. The first-order valence-electron chi connectivity index (χ1n) is 8.07. The molecule has 0 saturated heterocycles. The van der Waals surface area contributed by atoms with Gasteiger partial charge in [0.2, 0.25) is 0 Å². The average Bonchev–Trinajstić information content (AvgIpc) is 2.61. The summed E-state index contributed by atoms with van der Waals surface area (Å²) < 4.78 is 6.40. The fourth-order valence-corrected chi connectivity index (χ4v) is 2.99. The first kappa shape index (κ1) is 16.0. The van der Waals surface area contributed by atoms with Crippen LogP contribution in [0, 0.1) is 5.92 Å². The number of nitrogens with one attached hydrogen (secondary N) is 1. The van der Waals surface area contributed by atoms with Crippen molar-refractivity contribution in [3.8, 4) is 0 Å². The zero-order chi connectivity index (χ0) is 13.3. The van der Waals surface area contributed by atoms with Crippen LogP contribution in [0.15, 0.2) is 0 Å². The molecule has 2 nitrogen and oxygen atoms in total. The highest BCUT2D eigenvalue weighted by molar-refractivity contribution is 4.85. The first-order chi connectivity index (χ1) is 8.72. The molecule has 0 aromatic rings. The predicted octanol–water partition coefficient (Wildman–Crippen LogP) is 4.14. The highest BCUT2D eigenvalue weighted by Gasteiger charge is 2.31. The van der Waals surface area contributed by atoms with E-state index in [1.54, 1.807) is 0 Å². The van der Waals surface area contributed by atoms with Crippen LogP contribution in [0.4, 0.5) is 0 Å². The highest BCUT2D eigenvalue weighted by atomic mass is 16.5. The Labute approximate surface area is 114 Å². The largest absolute Gasteiger partial charge is 0.373 e. The van der Waals surface area contributed by atoms with Crippen molar-refractivity contribution >= 4 is 0 Å². The van der Waals surface area contributed by atoms with Gasteiger partial charge in [-0.3, -0.25) is 0 Å². The van der Waals surface area contributed by atoms with E-state index >= 15 is 0 Å². The number of hydrogen-bond acceptors (Lipinski definition) is 2. The lowest BCUT2D eigenvalue weighted by molar-refractivity contribution is -0.0679. The monoisotopic (exact) mass is 255 g/mol. The first-order valence-corrected chi connectivity index (χ1v) is 8.07. The fraction of sp³-hybridized carbons (Fsp3) is 1.00. The molecule has 108 valence electrons. The van der Waals surface area contributed by atoms with E-state index in [4.69, 9.17) is 4.74 Å². The molecule has 1 rings (SSSR count). The molecule has 0 aromatic carbocycles. The lowest BCUT2D eigenvalue weighted by Crippen LogP contribution is -2.43. The second kappa shape index (κ2) is 8.92. The molecule has 0 heterocycles. The summed E-state index contributed by atoms with van der Waals surface area (Å²) in [4.78, 5) is 0.